The molecule has 1 fully saturated rings. The van der Waals surface area contributed by atoms with Gasteiger partial charge in [-0.2, -0.15) is 0 Å². The van der Waals surface area contributed by atoms with Gasteiger partial charge in [0.2, 0.25) is 0 Å². The van der Waals surface area contributed by atoms with Crippen LogP contribution < -0.4 is 5.32 Å². The zero-order valence-electron chi connectivity index (χ0n) is 9.97. The maximum Gasteiger partial charge on any atom is 0.256 e. The lowest BCUT2D eigenvalue weighted by Gasteiger charge is -2.27. The molecule has 1 saturated heterocycles. The minimum atomic E-state index is 0.0441. The summed E-state index contributed by atoms with van der Waals surface area (Å²) in [5, 5.41) is 3.24. The first-order valence-corrected chi connectivity index (χ1v) is 6.06. The monoisotopic (exact) mass is 242 g/mol. The molecule has 0 aliphatic carbocycles. The van der Waals surface area contributed by atoms with Crippen molar-refractivity contribution in [3.05, 3.63) is 36.2 Å². The van der Waals surface area contributed by atoms with Crippen molar-refractivity contribution in [3.63, 3.8) is 0 Å². The second-order valence-corrected chi connectivity index (χ2v) is 4.27. The van der Waals surface area contributed by atoms with Crippen molar-refractivity contribution in [2.45, 2.75) is 0 Å². The van der Waals surface area contributed by atoms with Crippen molar-refractivity contribution < 1.29 is 4.79 Å². The van der Waals surface area contributed by atoms with Gasteiger partial charge in [0.1, 0.15) is 5.52 Å². The zero-order chi connectivity index (χ0) is 12.4. The van der Waals surface area contributed by atoms with E-state index in [4.69, 9.17) is 0 Å². The lowest BCUT2D eigenvalue weighted by molar-refractivity contribution is 0.0737. The summed E-state index contributed by atoms with van der Waals surface area (Å²) < 4.78 is 0. The molecule has 1 aliphatic heterocycles. The molecule has 1 N–H and O–H groups in total. The Morgan fingerprint density at radius 2 is 1.94 bits per heavy atom. The summed E-state index contributed by atoms with van der Waals surface area (Å²) in [6.07, 6.45) is 3.26. The highest BCUT2D eigenvalue weighted by molar-refractivity contribution is 6.04. The molecule has 0 spiro atoms. The SMILES string of the molecule is O=C(c1cccc2nccnc12)N1CCNCC1. The van der Waals surface area contributed by atoms with E-state index in [9.17, 15) is 4.79 Å². The normalized spacial score (nSPS) is 15.9. The van der Waals surface area contributed by atoms with Crippen molar-refractivity contribution in [2.24, 2.45) is 0 Å². The highest BCUT2D eigenvalue weighted by atomic mass is 16.2. The predicted octanol–water partition coefficient (Wildman–Crippen LogP) is 0.675. The number of rotatable bonds is 1. The average molecular weight is 242 g/mol. The summed E-state index contributed by atoms with van der Waals surface area (Å²) in [7, 11) is 0. The van der Waals surface area contributed by atoms with E-state index in [2.05, 4.69) is 15.3 Å². The molecule has 3 rings (SSSR count). The number of carbonyl (C=O) groups excluding carboxylic acids is 1. The number of nitrogens with one attached hydrogen (secondary N) is 1. The fourth-order valence-electron chi connectivity index (χ4n) is 2.20. The topological polar surface area (TPSA) is 58.1 Å². The first-order valence-electron chi connectivity index (χ1n) is 6.06. The molecule has 0 saturated carbocycles. The summed E-state index contributed by atoms with van der Waals surface area (Å²) >= 11 is 0. The van der Waals surface area contributed by atoms with Crippen molar-refractivity contribution in [1.29, 1.82) is 0 Å². The molecule has 1 aromatic carbocycles. The molecule has 5 nitrogen and oxygen atoms in total. The Kier molecular flexibility index (Phi) is 2.90. The van der Waals surface area contributed by atoms with E-state index >= 15 is 0 Å². The molecule has 0 radical (unpaired) electrons. The summed E-state index contributed by atoms with van der Waals surface area (Å²) in [6, 6.07) is 5.55. The summed E-state index contributed by atoms with van der Waals surface area (Å²) in [4.78, 5) is 22.8. The van der Waals surface area contributed by atoms with Crippen LogP contribution in [-0.4, -0.2) is 47.0 Å². The van der Waals surface area contributed by atoms with E-state index in [0.29, 0.717) is 11.1 Å². The Morgan fingerprint density at radius 3 is 2.78 bits per heavy atom. The molecule has 5 heteroatoms. The molecule has 2 heterocycles. The second-order valence-electron chi connectivity index (χ2n) is 4.27. The van der Waals surface area contributed by atoms with Gasteiger partial charge in [-0.05, 0) is 12.1 Å². The molecular weight excluding hydrogens is 228 g/mol. The van der Waals surface area contributed by atoms with Crippen LogP contribution in [0.15, 0.2) is 30.6 Å². The van der Waals surface area contributed by atoms with Gasteiger partial charge in [-0.1, -0.05) is 6.07 Å². The number of nitrogens with zero attached hydrogens (tertiary/aromatic N) is 3. The minimum absolute atomic E-state index is 0.0441. The molecule has 18 heavy (non-hydrogen) atoms. The number of benzene rings is 1. The maximum atomic E-state index is 12.4. The predicted molar refractivity (Wildman–Crippen MR) is 68.3 cm³/mol. The Balaban J connectivity index is 2.00. The molecule has 92 valence electrons. The Bertz CT molecular complexity index is 573. The number of para-hydroxylation sites is 1. The van der Waals surface area contributed by atoms with Gasteiger partial charge >= 0.3 is 0 Å². The van der Waals surface area contributed by atoms with Crippen LogP contribution in [-0.2, 0) is 0 Å². The molecule has 0 atom stereocenters. The van der Waals surface area contributed by atoms with Gasteiger partial charge in [0, 0.05) is 38.6 Å². The Morgan fingerprint density at radius 1 is 1.17 bits per heavy atom. The van der Waals surface area contributed by atoms with Crippen LogP contribution in [0.25, 0.3) is 11.0 Å². The van der Waals surface area contributed by atoms with E-state index in [1.807, 2.05) is 23.1 Å². The average Bonchev–Trinajstić information content (AvgIpc) is 2.47. The van der Waals surface area contributed by atoms with E-state index in [1.54, 1.807) is 12.4 Å². The van der Waals surface area contributed by atoms with Gasteiger partial charge in [0.25, 0.3) is 5.91 Å². The summed E-state index contributed by atoms with van der Waals surface area (Å²) in [5.41, 5.74) is 2.09. The minimum Gasteiger partial charge on any atom is -0.336 e. The molecule has 0 unspecified atom stereocenters. The Hall–Kier alpha value is -2.01. The first-order chi connectivity index (χ1) is 8.86. The van der Waals surface area contributed by atoms with E-state index in [1.165, 1.54) is 0 Å². The highest BCUT2D eigenvalue weighted by Crippen LogP contribution is 2.16. The lowest BCUT2D eigenvalue weighted by Crippen LogP contribution is -2.46. The third-order valence-corrected chi connectivity index (χ3v) is 3.13. The number of carbonyl (C=O) groups is 1. The van der Waals surface area contributed by atoms with E-state index in [-0.39, 0.29) is 5.91 Å². The van der Waals surface area contributed by atoms with Gasteiger partial charge in [-0.15, -0.1) is 0 Å². The van der Waals surface area contributed by atoms with Gasteiger partial charge < -0.3 is 10.2 Å². The highest BCUT2D eigenvalue weighted by Gasteiger charge is 2.20. The van der Waals surface area contributed by atoms with Gasteiger partial charge in [0.05, 0.1) is 11.1 Å². The van der Waals surface area contributed by atoms with Crippen molar-refractivity contribution in [2.75, 3.05) is 26.2 Å². The van der Waals surface area contributed by atoms with Gasteiger partial charge in [-0.3, -0.25) is 14.8 Å². The fraction of sp³-hybridized carbons (Fsp3) is 0.308. The number of amides is 1. The summed E-state index contributed by atoms with van der Waals surface area (Å²) in [5.74, 6) is 0.0441. The van der Waals surface area contributed by atoms with Crippen LogP contribution in [0.4, 0.5) is 0 Å². The van der Waals surface area contributed by atoms with E-state index < -0.39 is 0 Å². The number of hydrogen-bond acceptors (Lipinski definition) is 4. The number of fused-ring (bicyclic) bond motifs is 1. The van der Waals surface area contributed by atoms with Crippen molar-refractivity contribution in [1.82, 2.24) is 20.2 Å². The van der Waals surface area contributed by atoms with Crippen LogP contribution in [0.1, 0.15) is 10.4 Å². The van der Waals surface area contributed by atoms with E-state index in [0.717, 1.165) is 31.7 Å². The van der Waals surface area contributed by atoms with Crippen LogP contribution in [0.2, 0.25) is 0 Å². The van der Waals surface area contributed by atoms with Crippen molar-refractivity contribution >= 4 is 16.9 Å². The van der Waals surface area contributed by atoms with Gasteiger partial charge in [0.15, 0.2) is 0 Å². The molecule has 0 bridgehead atoms. The molecule has 1 amide bonds. The van der Waals surface area contributed by atoms with Crippen LogP contribution in [0, 0.1) is 0 Å². The third-order valence-electron chi connectivity index (χ3n) is 3.13. The van der Waals surface area contributed by atoms with Crippen LogP contribution in [0.5, 0.6) is 0 Å². The zero-order valence-corrected chi connectivity index (χ0v) is 9.97. The van der Waals surface area contributed by atoms with Gasteiger partial charge in [-0.25, -0.2) is 0 Å². The van der Waals surface area contributed by atoms with Crippen LogP contribution >= 0.6 is 0 Å². The molecule has 1 aromatic heterocycles. The smallest absolute Gasteiger partial charge is 0.256 e. The van der Waals surface area contributed by atoms with Crippen molar-refractivity contribution in [3.8, 4) is 0 Å². The lowest BCUT2D eigenvalue weighted by atomic mass is 10.1. The molecule has 1 aliphatic rings. The number of piperazine rings is 1. The number of aromatic nitrogens is 2. The molecular formula is C13H14N4O. The number of hydrogen-bond donors (Lipinski definition) is 1. The summed E-state index contributed by atoms with van der Waals surface area (Å²) in [6.45, 7) is 3.19. The maximum absolute atomic E-state index is 12.4. The Labute approximate surface area is 105 Å². The van der Waals surface area contributed by atoms with Crippen LogP contribution in [0.3, 0.4) is 0 Å². The second kappa shape index (κ2) is 4.70. The standard InChI is InChI=1S/C13H14N4O/c18-13(17-8-6-14-7-9-17)10-2-1-3-11-12(10)16-5-4-15-11/h1-5,14H,6-9H2. The quantitative estimate of drug-likeness (QED) is 0.798. The fourth-order valence-corrected chi connectivity index (χ4v) is 2.20. The largest absolute Gasteiger partial charge is 0.336 e. The first kappa shape index (κ1) is 11.1. The molecule has 2 aromatic rings. The third kappa shape index (κ3) is 1.93.